The number of anilines is 1. The van der Waals surface area contributed by atoms with Crippen molar-refractivity contribution < 1.29 is 0 Å². The van der Waals surface area contributed by atoms with Crippen LogP contribution in [0.3, 0.4) is 0 Å². The molecule has 0 spiro atoms. The number of hydrazine groups is 1. The summed E-state index contributed by atoms with van der Waals surface area (Å²) in [6.45, 7) is 0.736. The first kappa shape index (κ1) is 16.8. The highest BCUT2D eigenvalue weighted by Gasteiger charge is 1.99. The van der Waals surface area contributed by atoms with Crippen molar-refractivity contribution in [1.29, 1.82) is 0 Å². The lowest BCUT2D eigenvalue weighted by molar-refractivity contribution is 0.664. The number of rotatable bonds is 6. The Morgan fingerprint density at radius 1 is 1.00 bits per heavy atom. The molecule has 22 heavy (non-hydrogen) atoms. The van der Waals surface area contributed by atoms with Crippen LogP contribution in [0.25, 0.3) is 0 Å². The van der Waals surface area contributed by atoms with Crippen LogP contribution in [0.2, 0.25) is 0 Å². The summed E-state index contributed by atoms with van der Waals surface area (Å²) in [5, 5.41) is 0. The molecular formula is C17H21N3S2. The minimum atomic E-state index is 0.736. The zero-order chi connectivity index (χ0) is 15.8. The largest absolute Gasteiger partial charge is 0.378 e. The van der Waals surface area contributed by atoms with E-state index in [2.05, 4.69) is 52.1 Å². The van der Waals surface area contributed by atoms with Gasteiger partial charge in [0, 0.05) is 32.1 Å². The van der Waals surface area contributed by atoms with Crippen molar-refractivity contribution in [2.45, 2.75) is 12.3 Å². The number of hydrogen-bond donors (Lipinski definition) is 2. The Labute approximate surface area is 142 Å². The van der Waals surface area contributed by atoms with Gasteiger partial charge in [0.1, 0.15) is 4.32 Å². The molecule has 0 saturated heterocycles. The minimum Gasteiger partial charge on any atom is -0.378 e. The van der Waals surface area contributed by atoms with Gasteiger partial charge in [-0.3, -0.25) is 0 Å². The summed E-state index contributed by atoms with van der Waals surface area (Å²) in [5.74, 6) is 0.881. The molecule has 2 N–H and O–H groups in total. The van der Waals surface area contributed by atoms with Gasteiger partial charge in [-0.25, -0.2) is 5.43 Å². The zero-order valence-electron chi connectivity index (χ0n) is 12.9. The molecule has 0 aromatic heterocycles. The van der Waals surface area contributed by atoms with E-state index in [4.69, 9.17) is 12.2 Å². The van der Waals surface area contributed by atoms with Crippen LogP contribution >= 0.6 is 24.0 Å². The molecule has 0 atom stereocenters. The molecule has 0 bridgehead atoms. The van der Waals surface area contributed by atoms with Gasteiger partial charge in [0.05, 0.1) is 0 Å². The third kappa shape index (κ3) is 5.67. The van der Waals surface area contributed by atoms with E-state index >= 15 is 0 Å². The van der Waals surface area contributed by atoms with Crippen LogP contribution in [0.4, 0.5) is 5.69 Å². The number of benzene rings is 2. The smallest absolute Gasteiger partial charge is 0.148 e. The molecule has 0 heterocycles. The maximum absolute atomic E-state index is 5.31. The molecule has 3 nitrogen and oxygen atoms in total. The van der Waals surface area contributed by atoms with Crippen molar-refractivity contribution in [3.05, 3.63) is 65.7 Å². The molecule has 116 valence electrons. The van der Waals surface area contributed by atoms with Crippen molar-refractivity contribution in [2.75, 3.05) is 19.0 Å². The third-order valence-corrected chi connectivity index (χ3v) is 4.45. The maximum atomic E-state index is 5.31. The van der Waals surface area contributed by atoms with Gasteiger partial charge in [0.25, 0.3) is 0 Å². The first-order valence-electron chi connectivity index (χ1n) is 7.11. The Morgan fingerprint density at radius 3 is 2.32 bits per heavy atom. The summed E-state index contributed by atoms with van der Waals surface area (Å²) < 4.78 is 0.758. The molecule has 0 radical (unpaired) electrons. The van der Waals surface area contributed by atoms with Gasteiger partial charge in [0.2, 0.25) is 0 Å². The molecule has 0 saturated carbocycles. The molecular weight excluding hydrogens is 310 g/mol. The summed E-state index contributed by atoms with van der Waals surface area (Å²) >= 11 is 6.93. The van der Waals surface area contributed by atoms with Gasteiger partial charge >= 0.3 is 0 Å². The van der Waals surface area contributed by atoms with Gasteiger partial charge in [-0.2, -0.15) is 0 Å². The Hall–Kier alpha value is -1.56. The lowest BCUT2D eigenvalue weighted by Crippen LogP contribution is -2.34. The zero-order valence-corrected chi connectivity index (χ0v) is 14.5. The molecule has 0 aliphatic carbocycles. The Morgan fingerprint density at radius 2 is 1.68 bits per heavy atom. The van der Waals surface area contributed by atoms with Crippen LogP contribution in [0.1, 0.15) is 11.1 Å². The van der Waals surface area contributed by atoms with Crippen LogP contribution in [0, 0.1) is 0 Å². The van der Waals surface area contributed by atoms with Crippen molar-refractivity contribution >= 4 is 34.0 Å². The maximum Gasteiger partial charge on any atom is 0.148 e. The molecule has 0 amide bonds. The Bertz CT molecular complexity index is 583. The fourth-order valence-corrected chi connectivity index (χ4v) is 2.77. The highest BCUT2D eigenvalue weighted by atomic mass is 32.2. The first-order valence-corrected chi connectivity index (χ1v) is 8.50. The second-order valence-electron chi connectivity index (χ2n) is 5.10. The van der Waals surface area contributed by atoms with Gasteiger partial charge in [-0.1, -0.05) is 66.4 Å². The van der Waals surface area contributed by atoms with E-state index < -0.39 is 0 Å². The monoisotopic (exact) mass is 331 g/mol. The standard InChI is InChI=1S/C17H21N3S2/c1-20(2)16-10-8-14(9-11-16)12-18-19-17(21)22-13-15-6-4-3-5-7-15/h3-11,18H,12-13H2,1-2H3,(H,19,21). The number of thioether (sulfide) groups is 1. The van der Waals surface area contributed by atoms with Gasteiger partial charge in [-0.05, 0) is 23.3 Å². The highest BCUT2D eigenvalue weighted by Crippen LogP contribution is 2.13. The molecule has 0 aliphatic rings. The number of nitrogens with zero attached hydrogens (tertiary/aromatic N) is 1. The van der Waals surface area contributed by atoms with Crippen LogP contribution in [-0.4, -0.2) is 18.4 Å². The quantitative estimate of drug-likeness (QED) is 0.623. The molecule has 0 unspecified atom stereocenters. The van der Waals surface area contributed by atoms with Gasteiger partial charge < -0.3 is 10.3 Å². The number of hydrogen-bond acceptors (Lipinski definition) is 4. The summed E-state index contributed by atoms with van der Waals surface area (Å²) in [5.41, 5.74) is 9.92. The van der Waals surface area contributed by atoms with Crippen LogP contribution in [0.15, 0.2) is 54.6 Å². The summed E-state index contributed by atoms with van der Waals surface area (Å²) in [6.07, 6.45) is 0. The molecule has 2 aromatic rings. The van der Waals surface area contributed by atoms with Crippen molar-refractivity contribution in [2.24, 2.45) is 0 Å². The van der Waals surface area contributed by atoms with E-state index in [9.17, 15) is 0 Å². The van der Waals surface area contributed by atoms with E-state index in [1.165, 1.54) is 16.8 Å². The molecule has 5 heteroatoms. The van der Waals surface area contributed by atoms with Crippen LogP contribution in [0.5, 0.6) is 0 Å². The predicted molar refractivity (Wildman–Crippen MR) is 101 cm³/mol. The lowest BCUT2D eigenvalue weighted by atomic mass is 10.2. The molecule has 0 fully saturated rings. The van der Waals surface area contributed by atoms with Crippen molar-refractivity contribution in [3.63, 3.8) is 0 Å². The van der Waals surface area contributed by atoms with E-state index in [-0.39, 0.29) is 0 Å². The number of nitrogens with one attached hydrogen (secondary N) is 2. The molecule has 2 aromatic carbocycles. The Kier molecular flexibility index (Phi) is 6.71. The van der Waals surface area contributed by atoms with E-state index in [1.807, 2.05) is 32.3 Å². The highest BCUT2D eigenvalue weighted by molar-refractivity contribution is 8.22. The van der Waals surface area contributed by atoms with Gasteiger partial charge in [0.15, 0.2) is 0 Å². The van der Waals surface area contributed by atoms with Crippen molar-refractivity contribution in [3.8, 4) is 0 Å². The predicted octanol–water partition coefficient (Wildman–Crippen LogP) is 3.57. The topological polar surface area (TPSA) is 27.3 Å². The second-order valence-corrected chi connectivity index (χ2v) is 6.75. The SMILES string of the molecule is CN(C)c1ccc(CNNC(=S)SCc2ccccc2)cc1. The average molecular weight is 332 g/mol. The summed E-state index contributed by atoms with van der Waals surface area (Å²) in [4.78, 5) is 2.09. The van der Waals surface area contributed by atoms with Gasteiger partial charge in [-0.15, -0.1) is 0 Å². The van der Waals surface area contributed by atoms with E-state index in [0.29, 0.717) is 0 Å². The van der Waals surface area contributed by atoms with Crippen LogP contribution in [-0.2, 0) is 12.3 Å². The fraction of sp³-hybridized carbons (Fsp3) is 0.235. The number of thiocarbonyl (C=S) groups is 1. The average Bonchev–Trinajstić information content (AvgIpc) is 2.54. The summed E-state index contributed by atoms with van der Waals surface area (Å²) in [7, 11) is 4.08. The Balaban J connectivity index is 1.68. The van der Waals surface area contributed by atoms with E-state index in [0.717, 1.165) is 16.6 Å². The van der Waals surface area contributed by atoms with E-state index in [1.54, 1.807) is 11.8 Å². The molecule has 2 rings (SSSR count). The minimum absolute atomic E-state index is 0.736. The lowest BCUT2D eigenvalue weighted by Gasteiger charge is -2.13. The first-order chi connectivity index (χ1) is 10.6. The van der Waals surface area contributed by atoms with Crippen LogP contribution < -0.4 is 15.8 Å². The molecule has 0 aliphatic heterocycles. The fourth-order valence-electron chi connectivity index (χ4n) is 1.89. The second kappa shape index (κ2) is 8.78. The van der Waals surface area contributed by atoms with Crippen molar-refractivity contribution in [1.82, 2.24) is 10.9 Å². The summed E-state index contributed by atoms with van der Waals surface area (Å²) in [6, 6.07) is 18.8. The normalized spacial score (nSPS) is 10.3. The third-order valence-electron chi connectivity index (χ3n) is 3.15.